The van der Waals surface area contributed by atoms with Crippen LogP contribution in [0.3, 0.4) is 0 Å². The van der Waals surface area contributed by atoms with Gasteiger partial charge in [0, 0.05) is 5.56 Å². The molecule has 4 rings (SSSR count). The summed E-state index contributed by atoms with van der Waals surface area (Å²) in [6, 6.07) is 15.3. The summed E-state index contributed by atoms with van der Waals surface area (Å²) in [6.45, 7) is 0. The largest absolute Gasteiger partial charge is 0.495 e. The fourth-order valence-corrected chi connectivity index (χ4v) is 4.66. The van der Waals surface area contributed by atoms with Crippen molar-refractivity contribution in [2.45, 2.75) is 17.2 Å². The van der Waals surface area contributed by atoms with Crippen molar-refractivity contribution in [2.24, 2.45) is 0 Å². The van der Waals surface area contributed by atoms with Crippen molar-refractivity contribution in [3.05, 3.63) is 83.4 Å². The first kappa shape index (κ1) is 22.6. The Morgan fingerprint density at radius 3 is 2.39 bits per heavy atom. The number of sulfonamides is 1. The van der Waals surface area contributed by atoms with E-state index < -0.39 is 33.8 Å². The molecule has 0 saturated heterocycles. The third kappa shape index (κ3) is 4.64. The number of hydrogen-bond donors (Lipinski definition) is 3. The molecular weight excluding hydrogens is 459 g/mol. The predicted molar refractivity (Wildman–Crippen MR) is 116 cm³/mol. The van der Waals surface area contributed by atoms with Crippen molar-refractivity contribution >= 4 is 27.3 Å². The highest BCUT2D eigenvalue weighted by Gasteiger charge is 2.35. The quantitative estimate of drug-likeness (QED) is 0.519. The number of ether oxygens (including phenoxy) is 1. The first-order valence-electron chi connectivity index (χ1n) is 9.63. The molecule has 0 aromatic heterocycles. The molecule has 1 unspecified atom stereocenters. The summed E-state index contributed by atoms with van der Waals surface area (Å²) >= 11 is 0. The molecule has 33 heavy (non-hydrogen) atoms. The molecule has 1 atom stereocenters. The summed E-state index contributed by atoms with van der Waals surface area (Å²) in [5.74, 6) is 0.0728. The maximum atomic E-state index is 13.1. The molecule has 11 heteroatoms. The molecule has 0 bridgehead atoms. The fraction of sp³-hybridized carbons (Fsp3) is 0.136. The topological polar surface area (TPSA) is 96.5 Å². The van der Waals surface area contributed by atoms with Gasteiger partial charge in [0.25, 0.3) is 5.91 Å². The number of hydrogen-bond acceptors (Lipinski definition) is 5. The van der Waals surface area contributed by atoms with Crippen molar-refractivity contribution in [1.29, 1.82) is 0 Å². The molecule has 0 saturated carbocycles. The van der Waals surface area contributed by atoms with E-state index in [2.05, 4.69) is 15.4 Å². The van der Waals surface area contributed by atoms with Crippen molar-refractivity contribution in [2.75, 3.05) is 17.7 Å². The summed E-state index contributed by atoms with van der Waals surface area (Å²) in [7, 11) is -2.57. The van der Waals surface area contributed by atoms with Crippen molar-refractivity contribution in [1.82, 2.24) is 4.72 Å². The molecule has 1 aliphatic rings. The second-order valence-corrected chi connectivity index (χ2v) is 8.87. The van der Waals surface area contributed by atoms with E-state index in [4.69, 9.17) is 4.74 Å². The lowest BCUT2D eigenvalue weighted by Gasteiger charge is -2.29. The Kier molecular flexibility index (Phi) is 5.76. The summed E-state index contributed by atoms with van der Waals surface area (Å²) < 4.78 is 71.9. The number of benzene rings is 3. The van der Waals surface area contributed by atoms with Crippen LogP contribution in [0.1, 0.15) is 27.7 Å². The summed E-state index contributed by atoms with van der Waals surface area (Å²) in [5.41, 5.74) is 0.0611. The number of amides is 1. The van der Waals surface area contributed by atoms with E-state index in [1.54, 1.807) is 24.3 Å². The lowest BCUT2D eigenvalue weighted by Crippen LogP contribution is -2.38. The third-order valence-electron chi connectivity index (χ3n) is 5.03. The van der Waals surface area contributed by atoms with Gasteiger partial charge in [-0.1, -0.05) is 24.3 Å². The molecule has 0 radical (unpaired) electrons. The normalized spacial score (nSPS) is 16.9. The first-order chi connectivity index (χ1) is 15.6. The highest BCUT2D eigenvalue weighted by Crippen LogP contribution is 2.37. The minimum absolute atomic E-state index is 0.161. The molecule has 1 amide bonds. The smallest absolute Gasteiger partial charge is 0.416 e. The van der Waals surface area contributed by atoms with Crippen LogP contribution in [-0.2, 0) is 16.2 Å². The number of para-hydroxylation sites is 2. The number of nitrogens with one attached hydrogen (secondary N) is 3. The molecule has 3 aromatic carbocycles. The Bertz CT molecular complexity index is 1310. The zero-order valence-electron chi connectivity index (χ0n) is 17.1. The third-order valence-corrected chi connectivity index (χ3v) is 6.51. The van der Waals surface area contributed by atoms with Gasteiger partial charge in [0.15, 0.2) is 0 Å². The Morgan fingerprint density at radius 1 is 1.03 bits per heavy atom. The molecule has 0 spiro atoms. The monoisotopic (exact) mass is 477 g/mol. The van der Waals surface area contributed by atoms with E-state index in [0.29, 0.717) is 22.6 Å². The van der Waals surface area contributed by atoms with Crippen LogP contribution in [0, 0.1) is 0 Å². The second kappa shape index (κ2) is 8.41. The number of anilines is 2. The molecule has 1 heterocycles. The van der Waals surface area contributed by atoms with Crippen LogP contribution in [0.25, 0.3) is 0 Å². The Balaban J connectivity index is 1.56. The average molecular weight is 477 g/mol. The Morgan fingerprint density at radius 2 is 1.73 bits per heavy atom. The van der Waals surface area contributed by atoms with E-state index >= 15 is 0 Å². The minimum Gasteiger partial charge on any atom is -0.495 e. The maximum absolute atomic E-state index is 13.1. The van der Waals surface area contributed by atoms with Gasteiger partial charge in [0.05, 0.1) is 24.0 Å². The predicted octanol–water partition coefficient (Wildman–Crippen LogP) is 4.37. The number of carbonyl (C=O) groups excluding carboxylic acids is 1. The molecule has 172 valence electrons. The second-order valence-electron chi connectivity index (χ2n) is 7.18. The molecule has 3 aromatic rings. The number of rotatable bonds is 4. The van der Waals surface area contributed by atoms with Gasteiger partial charge in [0.1, 0.15) is 16.8 Å². The van der Waals surface area contributed by atoms with E-state index in [-0.39, 0.29) is 10.6 Å². The summed E-state index contributed by atoms with van der Waals surface area (Å²) in [6.07, 6.45) is -5.63. The van der Waals surface area contributed by atoms with Gasteiger partial charge in [-0.3, -0.25) is 4.79 Å². The van der Waals surface area contributed by atoms with E-state index in [1.165, 1.54) is 31.4 Å². The molecule has 3 N–H and O–H groups in total. The van der Waals surface area contributed by atoms with Gasteiger partial charge in [-0.15, -0.1) is 0 Å². The van der Waals surface area contributed by atoms with E-state index in [1.807, 2.05) is 0 Å². The minimum atomic E-state index is -4.61. The van der Waals surface area contributed by atoms with E-state index in [0.717, 1.165) is 18.2 Å². The molecule has 0 aliphatic carbocycles. The van der Waals surface area contributed by atoms with E-state index in [9.17, 15) is 26.4 Å². The molecule has 7 nitrogen and oxygen atoms in total. The van der Waals surface area contributed by atoms with Crippen LogP contribution in [0.2, 0.25) is 0 Å². The SMILES string of the molecule is COc1ccccc1NC(=O)c1ccc(C2Nc3cc(C(F)(F)F)ccc3S(=O)(=O)N2)cc1. The zero-order chi connectivity index (χ0) is 23.8. The van der Waals surface area contributed by atoms with Crippen molar-refractivity contribution in [3.63, 3.8) is 0 Å². The van der Waals surface area contributed by atoms with Crippen LogP contribution >= 0.6 is 0 Å². The lowest BCUT2D eigenvalue weighted by atomic mass is 10.1. The summed E-state index contributed by atoms with van der Waals surface area (Å²) in [4.78, 5) is 12.3. The van der Waals surface area contributed by atoms with Crippen LogP contribution in [0.15, 0.2) is 71.6 Å². The number of halogens is 3. The standard InChI is InChI=1S/C22H18F3N3O4S/c1-32-18-5-3-2-4-16(18)27-21(29)14-8-6-13(7-9-14)20-26-17-12-15(22(23,24)25)10-11-19(17)33(30,31)28-20/h2-12,20,26,28H,1H3,(H,27,29). The Labute approximate surface area is 187 Å². The van der Waals surface area contributed by atoms with Gasteiger partial charge in [0.2, 0.25) is 10.0 Å². The lowest BCUT2D eigenvalue weighted by molar-refractivity contribution is -0.137. The highest BCUT2D eigenvalue weighted by molar-refractivity contribution is 7.89. The van der Waals surface area contributed by atoms with Crippen LogP contribution in [0.4, 0.5) is 24.5 Å². The maximum Gasteiger partial charge on any atom is 0.416 e. The van der Waals surface area contributed by atoms with Gasteiger partial charge in [-0.2, -0.15) is 17.9 Å². The zero-order valence-corrected chi connectivity index (χ0v) is 17.9. The summed E-state index contributed by atoms with van der Waals surface area (Å²) in [5, 5.41) is 5.50. The van der Waals surface area contributed by atoms with Crippen molar-refractivity contribution in [3.8, 4) is 5.75 Å². The van der Waals surface area contributed by atoms with Gasteiger partial charge in [-0.25, -0.2) is 8.42 Å². The van der Waals surface area contributed by atoms with Crippen LogP contribution in [0.5, 0.6) is 5.75 Å². The number of alkyl halides is 3. The number of methoxy groups -OCH3 is 1. The van der Waals surface area contributed by atoms with Gasteiger partial charge in [-0.05, 0) is 48.0 Å². The molecular formula is C22H18F3N3O4S. The first-order valence-corrected chi connectivity index (χ1v) is 11.1. The fourth-order valence-electron chi connectivity index (χ4n) is 3.38. The van der Waals surface area contributed by atoms with Crippen molar-refractivity contribution < 1.29 is 31.1 Å². The molecule has 1 aliphatic heterocycles. The molecule has 0 fully saturated rings. The number of carbonyl (C=O) groups is 1. The highest BCUT2D eigenvalue weighted by atomic mass is 32.2. The number of fused-ring (bicyclic) bond motifs is 1. The average Bonchev–Trinajstić information content (AvgIpc) is 2.78. The van der Waals surface area contributed by atoms with Crippen LogP contribution in [-0.4, -0.2) is 21.4 Å². The van der Waals surface area contributed by atoms with Crippen LogP contribution < -0.4 is 20.1 Å². The van der Waals surface area contributed by atoms with Gasteiger partial charge < -0.3 is 15.4 Å². The van der Waals surface area contributed by atoms with Gasteiger partial charge >= 0.3 is 6.18 Å². The Hall–Kier alpha value is -3.57.